The molecular weight excluding hydrogens is 238 g/mol. The lowest BCUT2D eigenvalue weighted by Crippen LogP contribution is -2.24. The minimum atomic E-state index is -3.90. The van der Waals surface area contributed by atoms with Crippen molar-refractivity contribution in [3.05, 3.63) is 28.8 Å². The fraction of sp³-hybridized carbons (Fsp3) is 0. The Hall–Kier alpha value is -1.58. The first-order valence-electron chi connectivity index (χ1n) is 3.82. The number of benzene rings is 1. The lowest BCUT2D eigenvalue weighted by Gasteiger charge is -2.03. The molecule has 0 bridgehead atoms. The molecule has 5 nitrogen and oxygen atoms in total. The number of halogens is 1. The quantitative estimate of drug-likeness (QED) is 0.692. The number of nitrogens with one attached hydrogen (secondary N) is 1. The lowest BCUT2D eigenvalue weighted by molar-refractivity contribution is 0.571. The summed E-state index contributed by atoms with van der Waals surface area (Å²) in [4.78, 5) is -0.0958. The van der Waals surface area contributed by atoms with Gasteiger partial charge in [0.1, 0.15) is 4.90 Å². The van der Waals surface area contributed by atoms with E-state index >= 15 is 0 Å². The van der Waals surface area contributed by atoms with Crippen LogP contribution in [-0.4, -0.2) is 18.6 Å². The molecule has 1 aliphatic rings. The van der Waals surface area contributed by atoms with Gasteiger partial charge >= 0.3 is 0 Å². The van der Waals surface area contributed by atoms with Crippen molar-refractivity contribution in [3.63, 3.8) is 0 Å². The summed E-state index contributed by atoms with van der Waals surface area (Å²) in [5.74, 6) is -0.405. The van der Waals surface area contributed by atoms with Gasteiger partial charge in [-0.1, -0.05) is 17.7 Å². The van der Waals surface area contributed by atoms with Gasteiger partial charge in [-0.3, -0.25) is 5.41 Å². The van der Waals surface area contributed by atoms with E-state index in [2.05, 4.69) is 0 Å². The molecule has 1 aromatic carbocycles. The number of hydrogen-bond donors (Lipinski definition) is 1. The van der Waals surface area contributed by atoms with Crippen LogP contribution < -0.4 is 0 Å². The van der Waals surface area contributed by atoms with E-state index in [1.165, 1.54) is 24.4 Å². The van der Waals surface area contributed by atoms with Gasteiger partial charge in [0.25, 0.3) is 10.0 Å². The van der Waals surface area contributed by atoms with Crippen molar-refractivity contribution >= 4 is 27.5 Å². The lowest BCUT2D eigenvalue weighted by atomic mass is 10.2. The summed E-state index contributed by atoms with van der Waals surface area (Å²) in [6, 6.07) is 4.26. The number of hydrogen-bond acceptors (Lipinski definition) is 4. The Labute approximate surface area is 91.1 Å². The maximum absolute atomic E-state index is 11.7. The van der Waals surface area contributed by atoms with E-state index in [4.69, 9.17) is 22.3 Å². The van der Waals surface area contributed by atoms with E-state index in [0.29, 0.717) is 4.31 Å². The molecule has 15 heavy (non-hydrogen) atoms. The second-order valence-corrected chi connectivity index (χ2v) is 4.99. The molecule has 1 heterocycles. The van der Waals surface area contributed by atoms with Crippen LogP contribution in [0.4, 0.5) is 0 Å². The minimum Gasteiger partial charge on any atom is -0.282 e. The van der Waals surface area contributed by atoms with Gasteiger partial charge in [0.05, 0.1) is 10.6 Å². The fourth-order valence-corrected chi connectivity index (χ4v) is 3.04. The second kappa shape index (κ2) is 2.95. The average Bonchev–Trinajstić information content (AvgIpc) is 2.36. The normalized spacial score (nSPS) is 17.3. The number of nitrogens with zero attached hydrogens (tertiary/aromatic N) is 2. The summed E-state index contributed by atoms with van der Waals surface area (Å²) in [6.45, 7) is 0. The molecule has 7 heteroatoms. The fourth-order valence-electron chi connectivity index (χ4n) is 1.37. The Balaban J connectivity index is 2.87. The van der Waals surface area contributed by atoms with Gasteiger partial charge in [-0.25, -0.2) is 0 Å². The van der Waals surface area contributed by atoms with E-state index in [1.807, 2.05) is 0 Å². The first-order valence-corrected chi connectivity index (χ1v) is 5.64. The predicted octanol–water partition coefficient (Wildman–Crippen LogP) is 1.15. The summed E-state index contributed by atoms with van der Waals surface area (Å²) < 4.78 is 23.7. The average molecular weight is 242 g/mol. The molecule has 1 aliphatic heterocycles. The van der Waals surface area contributed by atoms with Gasteiger partial charge in [0, 0.05) is 0 Å². The summed E-state index contributed by atoms with van der Waals surface area (Å²) in [5.41, 5.74) is 0.0840. The van der Waals surface area contributed by atoms with E-state index in [0.717, 1.165) is 0 Å². The molecule has 1 aromatic rings. The van der Waals surface area contributed by atoms with Crippen LogP contribution in [0.1, 0.15) is 5.56 Å². The van der Waals surface area contributed by atoms with E-state index < -0.39 is 15.9 Å². The van der Waals surface area contributed by atoms with Crippen molar-refractivity contribution in [2.45, 2.75) is 4.90 Å². The molecule has 0 saturated carbocycles. The standard InChI is InChI=1S/C8H4ClN3O2S/c9-5-2-1-3-6-7(5)8(11)12(4-10)15(6,13)14/h1-3,11H. The monoisotopic (exact) mass is 241 g/mol. The van der Waals surface area contributed by atoms with Crippen LogP contribution in [0.5, 0.6) is 0 Å². The number of amidine groups is 1. The second-order valence-electron chi connectivity index (χ2n) is 2.83. The number of rotatable bonds is 0. The molecular formula is C8H4ClN3O2S. The highest BCUT2D eigenvalue weighted by Crippen LogP contribution is 2.33. The van der Waals surface area contributed by atoms with Gasteiger partial charge in [-0.05, 0) is 12.1 Å². The maximum atomic E-state index is 11.7. The van der Waals surface area contributed by atoms with Gasteiger partial charge in [-0.15, -0.1) is 0 Å². The van der Waals surface area contributed by atoms with Crippen molar-refractivity contribution in [2.75, 3.05) is 0 Å². The zero-order valence-electron chi connectivity index (χ0n) is 7.23. The summed E-state index contributed by atoms with van der Waals surface area (Å²) >= 11 is 5.77. The van der Waals surface area contributed by atoms with Crippen molar-refractivity contribution in [2.24, 2.45) is 0 Å². The Morgan fingerprint density at radius 1 is 1.47 bits per heavy atom. The van der Waals surface area contributed by atoms with Crippen LogP contribution in [0.2, 0.25) is 5.02 Å². The van der Waals surface area contributed by atoms with Gasteiger partial charge in [0.2, 0.25) is 6.19 Å². The molecule has 0 saturated heterocycles. The molecule has 0 aromatic heterocycles. The van der Waals surface area contributed by atoms with Gasteiger partial charge in [-0.2, -0.15) is 18.0 Å². The van der Waals surface area contributed by atoms with Crippen molar-refractivity contribution < 1.29 is 8.42 Å². The SMILES string of the molecule is N#CN1C(=N)c2c(Cl)cccc2S1(=O)=O. The third kappa shape index (κ3) is 1.14. The maximum Gasteiger partial charge on any atom is 0.279 e. The molecule has 0 fully saturated rings. The topological polar surface area (TPSA) is 85.0 Å². The molecule has 2 rings (SSSR count). The zero-order chi connectivity index (χ0) is 11.2. The predicted molar refractivity (Wildman–Crippen MR) is 52.9 cm³/mol. The van der Waals surface area contributed by atoms with Crippen LogP contribution >= 0.6 is 11.6 Å². The third-order valence-corrected chi connectivity index (χ3v) is 3.98. The minimum absolute atomic E-state index is 0.0840. The van der Waals surface area contributed by atoms with E-state index in [9.17, 15) is 8.42 Å². The molecule has 0 amide bonds. The number of fused-ring (bicyclic) bond motifs is 1. The highest BCUT2D eigenvalue weighted by molar-refractivity contribution is 7.90. The molecule has 0 unspecified atom stereocenters. The molecule has 0 radical (unpaired) electrons. The third-order valence-electron chi connectivity index (χ3n) is 2.02. The van der Waals surface area contributed by atoms with E-state index in [1.54, 1.807) is 0 Å². The molecule has 0 atom stereocenters. The van der Waals surface area contributed by atoms with Crippen LogP contribution in [-0.2, 0) is 10.0 Å². The Bertz CT molecular complexity index is 603. The van der Waals surface area contributed by atoms with Crippen LogP contribution in [0.25, 0.3) is 0 Å². The summed E-state index contributed by atoms with van der Waals surface area (Å²) in [6.07, 6.45) is 1.44. The van der Waals surface area contributed by atoms with Crippen LogP contribution in [0, 0.1) is 16.9 Å². The smallest absolute Gasteiger partial charge is 0.279 e. The van der Waals surface area contributed by atoms with Crippen molar-refractivity contribution in [1.29, 1.82) is 10.7 Å². The molecule has 0 spiro atoms. The Morgan fingerprint density at radius 2 is 2.13 bits per heavy atom. The van der Waals surface area contributed by atoms with Crippen molar-refractivity contribution in [1.82, 2.24) is 4.31 Å². The number of sulfonamides is 1. The molecule has 76 valence electrons. The molecule has 0 aliphatic carbocycles. The van der Waals surface area contributed by atoms with E-state index in [-0.39, 0.29) is 15.5 Å². The van der Waals surface area contributed by atoms with Gasteiger partial charge < -0.3 is 0 Å². The van der Waals surface area contributed by atoms with Gasteiger partial charge in [0.15, 0.2) is 5.84 Å². The zero-order valence-corrected chi connectivity index (χ0v) is 8.80. The highest BCUT2D eigenvalue weighted by atomic mass is 35.5. The largest absolute Gasteiger partial charge is 0.282 e. The summed E-state index contributed by atoms with van der Waals surface area (Å²) in [5, 5.41) is 16.3. The first-order chi connectivity index (χ1) is 7.00. The highest BCUT2D eigenvalue weighted by Gasteiger charge is 2.40. The Kier molecular flexibility index (Phi) is 1.96. The first kappa shape index (κ1) is 9.96. The number of nitriles is 1. The molecule has 1 N–H and O–H groups in total. The Morgan fingerprint density at radius 3 is 2.67 bits per heavy atom. The van der Waals surface area contributed by atoms with Crippen molar-refractivity contribution in [3.8, 4) is 6.19 Å². The van der Waals surface area contributed by atoms with Crippen LogP contribution in [0.15, 0.2) is 23.1 Å². The van der Waals surface area contributed by atoms with Crippen LogP contribution in [0.3, 0.4) is 0 Å². The summed E-state index contributed by atoms with van der Waals surface area (Å²) in [7, 11) is -3.90.